The molecule has 0 spiro atoms. The van der Waals surface area contributed by atoms with E-state index in [1.165, 1.54) is 0 Å². The molecule has 0 aliphatic heterocycles. The first-order chi connectivity index (χ1) is 5.37. The predicted molar refractivity (Wildman–Crippen MR) is 47.2 cm³/mol. The van der Waals surface area contributed by atoms with E-state index < -0.39 is 18.1 Å². The highest BCUT2D eigenvalue weighted by molar-refractivity contribution is 5.80. The van der Waals surface area contributed by atoms with Crippen LogP contribution in [0.15, 0.2) is 0 Å². The van der Waals surface area contributed by atoms with Gasteiger partial charge in [-0.15, -0.1) is 0 Å². The number of rotatable bonds is 4. The molecular weight excluding hydrogens is 156 g/mol. The van der Waals surface area contributed by atoms with Crippen molar-refractivity contribution in [1.29, 1.82) is 0 Å². The van der Waals surface area contributed by atoms with Crippen LogP contribution < -0.4 is 11.5 Å². The fourth-order valence-corrected chi connectivity index (χ4v) is 0.890. The van der Waals surface area contributed by atoms with Crippen molar-refractivity contribution in [2.75, 3.05) is 0 Å². The molecule has 5 N–H and O–H groups in total. The van der Waals surface area contributed by atoms with Crippen LogP contribution in [0.2, 0.25) is 0 Å². The second-order valence-corrected chi connectivity index (χ2v) is 3.52. The largest absolute Gasteiger partial charge is 0.391 e. The number of carbonyl (C=O) groups is 1. The number of aliphatic hydroxyl groups excluding tert-OH is 1. The van der Waals surface area contributed by atoms with E-state index in [4.69, 9.17) is 11.5 Å². The summed E-state index contributed by atoms with van der Waals surface area (Å²) in [4.78, 5) is 10.6. The number of primary amides is 1. The minimum atomic E-state index is -0.956. The number of hydrogen-bond donors (Lipinski definition) is 3. The number of nitrogens with two attached hydrogens (primary N) is 2. The lowest BCUT2D eigenvalue weighted by atomic mass is 9.88. The summed E-state index contributed by atoms with van der Waals surface area (Å²) < 4.78 is 0. The third kappa shape index (κ3) is 2.79. The Kier molecular flexibility index (Phi) is 4.20. The molecule has 3 unspecified atom stereocenters. The average molecular weight is 174 g/mol. The molecule has 4 heteroatoms. The third-order valence-electron chi connectivity index (χ3n) is 2.29. The number of aliphatic hydroxyl groups is 1. The van der Waals surface area contributed by atoms with Crippen molar-refractivity contribution in [3.05, 3.63) is 0 Å². The van der Waals surface area contributed by atoms with Gasteiger partial charge in [0.15, 0.2) is 0 Å². The Hall–Kier alpha value is -0.610. The van der Waals surface area contributed by atoms with Crippen molar-refractivity contribution in [2.45, 2.75) is 32.9 Å². The quantitative estimate of drug-likeness (QED) is 0.534. The van der Waals surface area contributed by atoms with E-state index in [1.807, 2.05) is 20.8 Å². The van der Waals surface area contributed by atoms with Crippen LogP contribution >= 0.6 is 0 Å². The van der Waals surface area contributed by atoms with Crippen LogP contribution in [0.5, 0.6) is 0 Å². The lowest BCUT2D eigenvalue weighted by Crippen LogP contribution is -2.49. The smallest absolute Gasteiger partial charge is 0.237 e. The first kappa shape index (κ1) is 11.4. The van der Waals surface area contributed by atoms with Gasteiger partial charge in [0.2, 0.25) is 5.91 Å². The molecule has 0 saturated heterocycles. The highest BCUT2D eigenvalue weighted by Crippen LogP contribution is 2.15. The molecular formula is C8H18N2O2. The molecule has 0 bridgehead atoms. The van der Waals surface area contributed by atoms with Crippen LogP contribution in [-0.2, 0) is 4.79 Å². The summed E-state index contributed by atoms with van der Waals surface area (Å²) in [7, 11) is 0. The molecule has 0 aromatic heterocycles. The minimum absolute atomic E-state index is 0.0208. The van der Waals surface area contributed by atoms with Crippen molar-refractivity contribution in [3.63, 3.8) is 0 Å². The van der Waals surface area contributed by atoms with Gasteiger partial charge in [-0.25, -0.2) is 0 Å². The Morgan fingerprint density at radius 2 is 1.75 bits per heavy atom. The van der Waals surface area contributed by atoms with Crippen LogP contribution in [0.25, 0.3) is 0 Å². The van der Waals surface area contributed by atoms with Gasteiger partial charge < -0.3 is 16.6 Å². The maximum absolute atomic E-state index is 10.6. The topological polar surface area (TPSA) is 89.3 Å². The Bertz CT molecular complexity index is 159. The first-order valence-electron chi connectivity index (χ1n) is 4.11. The van der Waals surface area contributed by atoms with E-state index in [0.717, 1.165) is 0 Å². The van der Waals surface area contributed by atoms with Crippen LogP contribution in [-0.4, -0.2) is 23.2 Å². The summed E-state index contributed by atoms with van der Waals surface area (Å²) >= 11 is 0. The standard InChI is InChI=1S/C8H18N2O2/c1-4(2)5(3)7(11)6(9)8(10)12/h4-7,11H,9H2,1-3H3,(H2,10,12). The van der Waals surface area contributed by atoms with Gasteiger partial charge in [-0.05, 0) is 11.8 Å². The van der Waals surface area contributed by atoms with Gasteiger partial charge in [-0.2, -0.15) is 0 Å². The fraction of sp³-hybridized carbons (Fsp3) is 0.875. The molecule has 0 heterocycles. The summed E-state index contributed by atoms with van der Waals surface area (Å²) in [6.45, 7) is 5.77. The lowest BCUT2D eigenvalue weighted by Gasteiger charge is -2.25. The zero-order chi connectivity index (χ0) is 9.89. The number of carbonyl (C=O) groups excluding carboxylic acids is 1. The van der Waals surface area contributed by atoms with E-state index in [0.29, 0.717) is 0 Å². The molecule has 12 heavy (non-hydrogen) atoms. The van der Waals surface area contributed by atoms with Gasteiger partial charge in [0, 0.05) is 0 Å². The van der Waals surface area contributed by atoms with Gasteiger partial charge >= 0.3 is 0 Å². The second-order valence-electron chi connectivity index (χ2n) is 3.52. The molecule has 1 amide bonds. The summed E-state index contributed by atoms with van der Waals surface area (Å²) in [5, 5.41) is 9.50. The van der Waals surface area contributed by atoms with Gasteiger partial charge in [0.05, 0.1) is 6.10 Å². The van der Waals surface area contributed by atoms with Crippen molar-refractivity contribution in [3.8, 4) is 0 Å². The van der Waals surface area contributed by atoms with Crippen LogP contribution in [0, 0.1) is 11.8 Å². The molecule has 0 fully saturated rings. The Morgan fingerprint density at radius 3 is 2.00 bits per heavy atom. The van der Waals surface area contributed by atoms with E-state index in [-0.39, 0.29) is 11.8 Å². The fourth-order valence-electron chi connectivity index (χ4n) is 0.890. The summed E-state index contributed by atoms with van der Waals surface area (Å²) in [6, 6.07) is -0.956. The third-order valence-corrected chi connectivity index (χ3v) is 2.29. The van der Waals surface area contributed by atoms with E-state index >= 15 is 0 Å². The van der Waals surface area contributed by atoms with Crippen molar-refractivity contribution >= 4 is 5.91 Å². The molecule has 3 atom stereocenters. The Balaban J connectivity index is 4.18. The van der Waals surface area contributed by atoms with Crippen LogP contribution in [0.4, 0.5) is 0 Å². The summed E-state index contributed by atoms with van der Waals surface area (Å²) in [5.74, 6) is -0.395. The molecule has 4 nitrogen and oxygen atoms in total. The van der Waals surface area contributed by atoms with Gasteiger partial charge in [0.25, 0.3) is 0 Å². The zero-order valence-corrected chi connectivity index (χ0v) is 7.82. The summed E-state index contributed by atoms with van der Waals surface area (Å²) in [5.41, 5.74) is 10.3. The van der Waals surface area contributed by atoms with Crippen molar-refractivity contribution in [1.82, 2.24) is 0 Å². The molecule has 0 saturated carbocycles. The molecule has 0 radical (unpaired) electrons. The van der Waals surface area contributed by atoms with Crippen molar-refractivity contribution in [2.24, 2.45) is 23.3 Å². The highest BCUT2D eigenvalue weighted by atomic mass is 16.3. The van der Waals surface area contributed by atoms with E-state index in [9.17, 15) is 9.90 Å². The van der Waals surface area contributed by atoms with E-state index in [1.54, 1.807) is 0 Å². The molecule has 0 rings (SSSR count). The Morgan fingerprint density at radius 1 is 1.33 bits per heavy atom. The monoisotopic (exact) mass is 174 g/mol. The van der Waals surface area contributed by atoms with E-state index in [2.05, 4.69) is 0 Å². The molecule has 0 aliphatic rings. The average Bonchev–Trinajstić information content (AvgIpc) is 2.00. The van der Waals surface area contributed by atoms with Gasteiger partial charge in [-0.3, -0.25) is 4.79 Å². The zero-order valence-electron chi connectivity index (χ0n) is 7.82. The minimum Gasteiger partial charge on any atom is -0.391 e. The van der Waals surface area contributed by atoms with Gasteiger partial charge in [0.1, 0.15) is 6.04 Å². The number of amides is 1. The molecule has 0 aromatic rings. The van der Waals surface area contributed by atoms with Crippen molar-refractivity contribution < 1.29 is 9.90 Å². The predicted octanol–water partition coefficient (Wildman–Crippen LogP) is -0.548. The van der Waals surface area contributed by atoms with Crippen LogP contribution in [0.3, 0.4) is 0 Å². The first-order valence-corrected chi connectivity index (χ1v) is 4.11. The van der Waals surface area contributed by atoms with Crippen LogP contribution in [0.1, 0.15) is 20.8 Å². The molecule has 0 aliphatic carbocycles. The normalized spacial score (nSPS) is 18.8. The molecule has 72 valence electrons. The maximum Gasteiger partial charge on any atom is 0.237 e. The summed E-state index contributed by atoms with van der Waals surface area (Å²) in [6.07, 6.45) is -0.845. The maximum atomic E-state index is 10.6. The highest BCUT2D eigenvalue weighted by Gasteiger charge is 2.27. The van der Waals surface area contributed by atoms with Gasteiger partial charge in [-0.1, -0.05) is 20.8 Å². The number of hydrogen-bond acceptors (Lipinski definition) is 3. The SMILES string of the molecule is CC(C)C(C)C(O)C(N)C(N)=O. The lowest BCUT2D eigenvalue weighted by molar-refractivity contribution is -0.122. The second kappa shape index (κ2) is 4.42. The molecule has 0 aromatic carbocycles. The Labute approximate surface area is 72.9 Å².